The first-order chi connectivity index (χ1) is 15.2. The minimum absolute atomic E-state index is 0.118. The van der Waals surface area contributed by atoms with Crippen LogP contribution >= 0.6 is 22.9 Å². The summed E-state index contributed by atoms with van der Waals surface area (Å²) in [7, 11) is 1.62. The first-order valence-corrected chi connectivity index (χ1v) is 10.9. The number of ether oxygens (including phenoxy) is 1. The minimum atomic E-state index is -0.118. The van der Waals surface area contributed by atoms with Gasteiger partial charge in [-0.3, -0.25) is 4.79 Å². The van der Waals surface area contributed by atoms with Gasteiger partial charge in [-0.1, -0.05) is 35.0 Å². The smallest absolute Gasteiger partial charge is 0.259 e. The third-order valence-corrected chi connectivity index (χ3v) is 5.81. The van der Waals surface area contributed by atoms with E-state index in [4.69, 9.17) is 20.9 Å². The lowest BCUT2D eigenvalue weighted by Crippen LogP contribution is -2.33. The van der Waals surface area contributed by atoms with Crippen molar-refractivity contribution in [2.24, 2.45) is 0 Å². The standard InChI is InChI=1S/C23H20ClN3O3S/c1-29-13-12-27(15-18-5-4-14-31-18)23(28)20-7-3-2-6-19(20)22-25-21(26-30-22)16-8-10-17(24)11-9-16/h2-11,14H,12-13,15H2,1H3. The fraction of sp³-hybridized carbons (Fsp3) is 0.174. The van der Waals surface area contributed by atoms with Crippen molar-refractivity contribution in [3.05, 3.63) is 81.5 Å². The number of rotatable bonds is 8. The van der Waals surface area contributed by atoms with E-state index < -0.39 is 0 Å². The number of thiophene rings is 1. The van der Waals surface area contributed by atoms with Crippen LogP contribution in [0.2, 0.25) is 5.02 Å². The molecule has 0 unspecified atom stereocenters. The Hall–Kier alpha value is -3.00. The molecule has 0 radical (unpaired) electrons. The Morgan fingerprint density at radius 3 is 2.68 bits per heavy atom. The molecule has 0 fully saturated rings. The monoisotopic (exact) mass is 453 g/mol. The van der Waals surface area contributed by atoms with Crippen molar-refractivity contribution in [3.63, 3.8) is 0 Å². The van der Waals surface area contributed by atoms with Gasteiger partial charge in [0, 0.05) is 29.1 Å². The van der Waals surface area contributed by atoms with Crippen LogP contribution in [0.15, 0.2) is 70.6 Å². The Kier molecular flexibility index (Phi) is 6.76. The predicted octanol–water partition coefficient (Wildman–Crippen LogP) is 5.41. The predicted molar refractivity (Wildman–Crippen MR) is 121 cm³/mol. The number of aromatic nitrogens is 2. The summed E-state index contributed by atoms with van der Waals surface area (Å²) in [6.45, 7) is 1.43. The molecule has 0 aliphatic heterocycles. The molecule has 0 aliphatic carbocycles. The van der Waals surface area contributed by atoms with Gasteiger partial charge in [0.2, 0.25) is 5.82 Å². The number of amides is 1. The van der Waals surface area contributed by atoms with Gasteiger partial charge in [0.1, 0.15) is 0 Å². The van der Waals surface area contributed by atoms with Gasteiger partial charge in [-0.25, -0.2) is 0 Å². The van der Waals surface area contributed by atoms with Gasteiger partial charge in [0.05, 0.1) is 24.3 Å². The van der Waals surface area contributed by atoms with Gasteiger partial charge in [-0.2, -0.15) is 4.98 Å². The second-order valence-corrected chi connectivity index (χ2v) is 8.24. The highest BCUT2D eigenvalue weighted by Gasteiger charge is 2.23. The van der Waals surface area contributed by atoms with Crippen LogP contribution in [0.1, 0.15) is 15.2 Å². The first kappa shape index (κ1) is 21.2. The van der Waals surface area contributed by atoms with E-state index in [-0.39, 0.29) is 11.8 Å². The lowest BCUT2D eigenvalue weighted by Gasteiger charge is -2.22. The molecule has 2 aromatic heterocycles. The van der Waals surface area contributed by atoms with Gasteiger partial charge >= 0.3 is 0 Å². The number of hydrogen-bond acceptors (Lipinski definition) is 6. The van der Waals surface area contributed by atoms with Crippen molar-refractivity contribution in [1.29, 1.82) is 0 Å². The second kappa shape index (κ2) is 9.87. The van der Waals surface area contributed by atoms with Crippen molar-refractivity contribution in [2.45, 2.75) is 6.54 Å². The summed E-state index contributed by atoms with van der Waals surface area (Å²) in [6, 6.07) is 18.4. The second-order valence-electron chi connectivity index (χ2n) is 6.77. The van der Waals surface area contributed by atoms with E-state index in [1.54, 1.807) is 41.5 Å². The van der Waals surface area contributed by atoms with Crippen molar-refractivity contribution >= 4 is 28.8 Å². The molecule has 1 amide bonds. The summed E-state index contributed by atoms with van der Waals surface area (Å²) in [5, 5.41) is 6.70. The fourth-order valence-corrected chi connectivity index (χ4v) is 3.97. The summed E-state index contributed by atoms with van der Waals surface area (Å²) < 4.78 is 10.7. The van der Waals surface area contributed by atoms with Gasteiger partial charge in [-0.05, 0) is 47.8 Å². The molecule has 0 saturated carbocycles. The van der Waals surface area contributed by atoms with E-state index in [9.17, 15) is 4.79 Å². The topological polar surface area (TPSA) is 68.5 Å². The zero-order valence-corrected chi connectivity index (χ0v) is 18.4. The van der Waals surface area contributed by atoms with Crippen LogP contribution in [-0.4, -0.2) is 41.2 Å². The zero-order chi connectivity index (χ0) is 21.6. The van der Waals surface area contributed by atoms with Crippen molar-refractivity contribution in [3.8, 4) is 22.8 Å². The number of halogens is 1. The fourth-order valence-electron chi connectivity index (χ4n) is 3.12. The number of carbonyl (C=O) groups is 1. The zero-order valence-electron chi connectivity index (χ0n) is 16.8. The Labute approximate surface area is 189 Å². The lowest BCUT2D eigenvalue weighted by molar-refractivity contribution is 0.0683. The molecule has 4 aromatic rings. The molecule has 8 heteroatoms. The highest BCUT2D eigenvalue weighted by Crippen LogP contribution is 2.27. The first-order valence-electron chi connectivity index (χ1n) is 9.65. The Bertz CT molecular complexity index is 1140. The number of carbonyl (C=O) groups excluding carboxylic acids is 1. The molecular formula is C23H20ClN3O3S. The van der Waals surface area contributed by atoms with Crippen LogP contribution in [0.25, 0.3) is 22.8 Å². The van der Waals surface area contributed by atoms with Crippen LogP contribution in [0, 0.1) is 0 Å². The summed E-state index contributed by atoms with van der Waals surface area (Å²) in [5.41, 5.74) is 1.87. The molecule has 0 spiro atoms. The minimum Gasteiger partial charge on any atom is -0.383 e. The number of hydrogen-bond donors (Lipinski definition) is 0. The molecule has 6 nitrogen and oxygen atoms in total. The van der Waals surface area contributed by atoms with Crippen LogP contribution in [0.3, 0.4) is 0 Å². The van der Waals surface area contributed by atoms with Crippen LogP contribution in [0.4, 0.5) is 0 Å². The highest BCUT2D eigenvalue weighted by molar-refractivity contribution is 7.09. The van der Waals surface area contributed by atoms with Crippen LogP contribution in [0.5, 0.6) is 0 Å². The molecule has 158 valence electrons. The average molecular weight is 454 g/mol. The quantitative estimate of drug-likeness (QED) is 0.357. The van der Waals surface area contributed by atoms with E-state index in [0.29, 0.717) is 41.7 Å². The van der Waals surface area contributed by atoms with Crippen molar-refractivity contribution in [2.75, 3.05) is 20.3 Å². The average Bonchev–Trinajstić information content (AvgIpc) is 3.49. The third kappa shape index (κ3) is 5.02. The summed E-state index contributed by atoms with van der Waals surface area (Å²) in [4.78, 5) is 20.8. The van der Waals surface area contributed by atoms with E-state index in [2.05, 4.69) is 10.1 Å². The maximum atomic E-state index is 13.5. The Morgan fingerprint density at radius 2 is 1.94 bits per heavy atom. The van der Waals surface area contributed by atoms with E-state index in [1.807, 2.05) is 47.8 Å². The summed E-state index contributed by atoms with van der Waals surface area (Å²) in [6.07, 6.45) is 0. The summed E-state index contributed by atoms with van der Waals surface area (Å²) >= 11 is 7.57. The van der Waals surface area contributed by atoms with Crippen molar-refractivity contribution in [1.82, 2.24) is 15.0 Å². The Balaban J connectivity index is 1.64. The molecule has 2 heterocycles. The van der Waals surface area contributed by atoms with E-state index in [0.717, 1.165) is 10.4 Å². The van der Waals surface area contributed by atoms with Gasteiger partial charge in [-0.15, -0.1) is 11.3 Å². The third-order valence-electron chi connectivity index (χ3n) is 4.70. The molecule has 31 heavy (non-hydrogen) atoms. The molecule has 0 atom stereocenters. The van der Waals surface area contributed by atoms with Crippen LogP contribution in [-0.2, 0) is 11.3 Å². The maximum absolute atomic E-state index is 13.5. The van der Waals surface area contributed by atoms with Crippen molar-refractivity contribution < 1.29 is 14.1 Å². The van der Waals surface area contributed by atoms with Crippen LogP contribution < -0.4 is 0 Å². The summed E-state index contributed by atoms with van der Waals surface area (Å²) in [5.74, 6) is 0.604. The van der Waals surface area contributed by atoms with Gasteiger partial charge in [0.15, 0.2) is 0 Å². The molecule has 0 bridgehead atoms. The van der Waals surface area contributed by atoms with Gasteiger partial charge < -0.3 is 14.2 Å². The largest absolute Gasteiger partial charge is 0.383 e. The number of methoxy groups -OCH3 is 1. The maximum Gasteiger partial charge on any atom is 0.259 e. The highest BCUT2D eigenvalue weighted by atomic mass is 35.5. The van der Waals surface area contributed by atoms with Gasteiger partial charge in [0.25, 0.3) is 11.8 Å². The normalized spacial score (nSPS) is 10.9. The molecule has 4 rings (SSSR count). The Morgan fingerprint density at radius 1 is 1.13 bits per heavy atom. The lowest BCUT2D eigenvalue weighted by atomic mass is 10.1. The number of benzene rings is 2. The van der Waals surface area contributed by atoms with E-state index >= 15 is 0 Å². The SMILES string of the molecule is COCCN(Cc1cccs1)C(=O)c1ccccc1-c1nc(-c2ccc(Cl)cc2)no1. The molecule has 2 aromatic carbocycles. The number of nitrogens with zero attached hydrogens (tertiary/aromatic N) is 3. The molecule has 0 aliphatic rings. The molecule has 0 N–H and O–H groups in total. The molecule has 0 saturated heterocycles. The molecular weight excluding hydrogens is 434 g/mol. The van der Waals surface area contributed by atoms with E-state index in [1.165, 1.54) is 0 Å².